The lowest BCUT2D eigenvalue weighted by Crippen LogP contribution is -2.71. The second-order valence-electron chi connectivity index (χ2n) is 8.55. The molecule has 7 nitrogen and oxygen atoms in total. The Hall–Kier alpha value is -2.97. The molecule has 2 fully saturated rings. The summed E-state index contributed by atoms with van der Waals surface area (Å²) in [5.41, 5.74) is 1.89. The molecule has 3 amide bonds. The van der Waals surface area contributed by atoms with Gasteiger partial charge in [0, 0.05) is 37.3 Å². The predicted molar refractivity (Wildman–Crippen MR) is 117 cm³/mol. The highest BCUT2D eigenvalue weighted by Crippen LogP contribution is 2.48. The van der Waals surface area contributed by atoms with Gasteiger partial charge in [-0.25, -0.2) is 9.18 Å². The lowest BCUT2D eigenvalue weighted by Gasteiger charge is -2.58. The van der Waals surface area contributed by atoms with Crippen LogP contribution < -0.4 is 10.2 Å². The van der Waals surface area contributed by atoms with Gasteiger partial charge in [-0.3, -0.25) is 4.79 Å². The predicted octanol–water partition coefficient (Wildman–Crippen LogP) is 2.96. The summed E-state index contributed by atoms with van der Waals surface area (Å²) in [6.07, 6.45) is 1.37. The number of hydrogen-bond donors (Lipinski definition) is 2. The van der Waals surface area contributed by atoms with Crippen molar-refractivity contribution in [1.82, 2.24) is 4.90 Å². The average Bonchev–Trinajstić information content (AvgIpc) is 2.81. The molecule has 2 saturated heterocycles. The van der Waals surface area contributed by atoms with Crippen molar-refractivity contribution in [3.63, 3.8) is 0 Å². The summed E-state index contributed by atoms with van der Waals surface area (Å²) in [7, 11) is 0. The van der Waals surface area contributed by atoms with Crippen LogP contribution in [0.15, 0.2) is 48.5 Å². The molecular formula is C24H26FN3O4. The van der Waals surface area contributed by atoms with Crippen molar-refractivity contribution >= 4 is 23.3 Å². The highest BCUT2D eigenvalue weighted by molar-refractivity contribution is 5.98. The third-order valence-corrected chi connectivity index (χ3v) is 6.87. The molecule has 2 aromatic rings. The lowest BCUT2D eigenvalue weighted by molar-refractivity contribution is -0.126. The molecule has 2 N–H and O–H groups in total. The molecule has 8 heteroatoms. The maximum absolute atomic E-state index is 14.1. The van der Waals surface area contributed by atoms with E-state index in [-0.39, 0.29) is 36.1 Å². The van der Waals surface area contributed by atoms with Gasteiger partial charge in [0.1, 0.15) is 5.82 Å². The smallest absolute Gasteiger partial charge is 0.322 e. The number of carbonyl (C=O) groups is 2. The Bertz CT molecular complexity index is 1030. The number of halogens is 1. The first-order valence-corrected chi connectivity index (χ1v) is 11.0. The number of nitrogens with one attached hydrogen (secondary N) is 1. The van der Waals surface area contributed by atoms with E-state index in [0.29, 0.717) is 32.6 Å². The number of fused-ring (bicyclic) bond motifs is 3. The summed E-state index contributed by atoms with van der Waals surface area (Å²) >= 11 is 0. The van der Waals surface area contributed by atoms with E-state index in [1.165, 1.54) is 12.1 Å². The second-order valence-corrected chi connectivity index (χ2v) is 8.55. The first kappa shape index (κ1) is 20.9. The summed E-state index contributed by atoms with van der Waals surface area (Å²) in [5.74, 6) is -0.672. The maximum atomic E-state index is 14.1. The normalized spacial score (nSPS) is 24.9. The number of hydrogen-bond acceptors (Lipinski definition) is 4. The molecule has 3 heterocycles. The van der Waals surface area contributed by atoms with Crippen molar-refractivity contribution in [2.75, 3.05) is 36.6 Å². The van der Waals surface area contributed by atoms with Crippen LogP contribution in [0.3, 0.4) is 0 Å². The first-order valence-electron chi connectivity index (χ1n) is 11.0. The number of aliphatic hydroxyl groups is 1. The molecule has 0 spiro atoms. The van der Waals surface area contributed by atoms with Gasteiger partial charge in [-0.15, -0.1) is 0 Å². The van der Waals surface area contributed by atoms with Gasteiger partial charge in [-0.05, 0) is 36.6 Å². The molecule has 0 saturated carbocycles. The van der Waals surface area contributed by atoms with E-state index >= 15 is 0 Å². The van der Waals surface area contributed by atoms with Gasteiger partial charge >= 0.3 is 6.03 Å². The molecular weight excluding hydrogens is 413 g/mol. The number of aliphatic hydroxyl groups excluding tert-OH is 1. The van der Waals surface area contributed by atoms with Gasteiger partial charge in [0.05, 0.1) is 24.4 Å². The number of carbonyl (C=O) groups excluding carboxylic acids is 2. The fraction of sp³-hybridized carbons (Fsp3) is 0.417. The molecule has 0 unspecified atom stereocenters. The molecule has 0 aliphatic carbocycles. The SMILES string of the molecule is O=C(C1CCOCC1)N1C[C@H]2[C@@H](c3ccccc31)[C@H](CO)N2C(=O)Nc1ccccc1F. The minimum absolute atomic E-state index is 0.0427. The fourth-order valence-corrected chi connectivity index (χ4v) is 5.28. The number of rotatable bonds is 3. The van der Waals surface area contributed by atoms with Crippen LogP contribution in [0.2, 0.25) is 0 Å². The van der Waals surface area contributed by atoms with Gasteiger partial charge in [0.25, 0.3) is 0 Å². The molecule has 3 atom stereocenters. The van der Waals surface area contributed by atoms with Crippen LogP contribution >= 0.6 is 0 Å². The quantitative estimate of drug-likeness (QED) is 0.771. The van der Waals surface area contributed by atoms with Crippen LogP contribution in [0.5, 0.6) is 0 Å². The minimum Gasteiger partial charge on any atom is -0.394 e. The fourth-order valence-electron chi connectivity index (χ4n) is 5.28. The van der Waals surface area contributed by atoms with E-state index in [1.807, 2.05) is 24.3 Å². The van der Waals surface area contributed by atoms with Crippen LogP contribution in [0.25, 0.3) is 0 Å². The van der Waals surface area contributed by atoms with Crippen molar-refractivity contribution in [3.8, 4) is 0 Å². The molecule has 0 aromatic heterocycles. The van der Waals surface area contributed by atoms with Gasteiger partial charge in [0.2, 0.25) is 5.91 Å². The Balaban J connectivity index is 1.43. The third-order valence-electron chi connectivity index (χ3n) is 6.87. The van der Waals surface area contributed by atoms with Crippen molar-refractivity contribution in [2.24, 2.45) is 5.92 Å². The van der Waals surface area contributed by atoms with Gasteiger partial charge in [-0.2, -0.15) is 0 Å². The monoisotopic (exact) mass is 439 g/mol. The topological polar surface area (TPSA) is 82.1 Å². The van der Waals surface area contributed by atoms with E-state index in [4.69, 9.17) is 4.74 Å². The van der Waals surface area contributed by atoms with Crippen LogP contribution in [0.4, 0.5) is 20.6 Å². The molecule has 3 aliphatic heterocycles. The summed E-state index contributed by atoms with van der Waals surface area (Å²) in [6, 6.07) is 12.5. The Labute approximate surface area is 185 Å². The number of likely N-dealkylation sites (tertiary alicyclic amines) is 1. The van der Waals surface area contributed by atoms with E-state index in [0.717, 1.165) is 11.3 Å². The number of benzene rings is 2. The number of para-hydroxylation sites is 2. The molecule has 0 radical (unpaired) electrons. The first-order chi connectivity index (χ1) is 15.6. The number of anilines is 2. The van der Waals surface area contributed by atoms with Gasteiger partial charge < -0.3 is 25.0 Å². The summed E-state index contributed by atoms with van der Waals surface area (Å²) in [5, 5.41) is 12.7. The highest BCUT2D eigenvalue weighted by atomic mass is 19.1. The maximum Gasteiger partial charge on any atom is 0.322 e. The van der Waals surface area contributed by atoms with E-state index in [1.54, 1.807) is 21.9 Å². The van der Waals surface area contributed by atoms with Crippen LogP contribution in [0.1, 0.15) is 24.3 Å². The van der Waals surface area contributed by atoms with Crippen molar-refractivity contribution < 1.29 is 23.8 Å². The van der Waals surface area contributed by atoms with Crippen molar-refractivity contribution in [3.05, 3.63) is 59.9 Å². The molecule has 5 rings (SSSR count). The lowest BCUT2D eigenvalue weighted by atomic mass is 9.72. The number of urea groups is 1. The highest BCUT2D eigenvalue weighted by Gasteiger charge is 2.55. The molecule has 3 aliphatic rings. The molecule has 32 heavy (non-hydrogen) atoms. The summed E-state index contributed by atoms with van der Waals surface area (Å²) in [6.45, 7) is 1.27. The van der Waals surface area contributed by atoms with Crippen molar-refractivity contribution in [1.29, 1.82) is 0 Å². The Morgan fingerprint density at radius 2 is 1.81 bits per heavy atom. The number of ether oxygens (including phenoxy) is 1. The number of amides is 3. The van der Waals surface area contributed by atoms with E-state index < -0.39 is 17.9 Å². The third kappa shape index (κ3) is 3.43. The largest absolute Gasteiger partial charge is 0.394 e. The van der Waals surface area contributed by atoms with Crippen LogP contribution in [0, 0.1) is 11.7 Å². The average molecular weight is 439 g/mol. The van der Waals surface area contributed by atoms with E-state index in [9.17, 15) is 19.1 Å². The minimum atomic E-state index is -0.524. The summed E-state index contributed by atoms with van der Waals surface area (Å²) < 4.78 is 19.5. The zero-order valence-corrected chi connectivity index (χ0v) is 17.6. The summed E-state index contributed by atoms with van der Waals surface area (Å²) in [4.78, 5) is 29.8. The standard InChI is InChI=1S/C24H26FN3O4/c25-17-6-2-3-7-18(17)26-24(31)28-20-13-27(23(30)15-9-11-32-12-10-15)19-8-4-1-5-16(19)22(20)21(28)14-29/h1-8,15,20-22,29H,9-14H2,(H,26,31)/t20-,21-,22+/m0/s1. The molecule has 0 bridgehead atoms. The van der Waals surface area contributed by atoms with E-state index in [2.05, 4.69) is 5.32 Å². The van der Waals surface area contributed by atoms with Gasteiger partial charge in [-0.1, -0.05) is 30.3 Å². The Morgan fingerprint density at radius 3 is 2.56 bits per heavy atom. The zero-order valence-electron chi connectivity index (χ0n) is 17.6. The van der Waals surface area contributed by atoms with Crippen molar-refractivity contribution in [2.45, 2.75) is 30.8 Å². The zero-order chi connectivity index (χ0) is 22.2. The van der Waals surface area contributed by atoms with Crippen LogP contribution in [-0.2, 0) is 9.53 Å². The number of nitrogens with zero attached hydrogens (tertiary/aromatic N) is 2. The van der Waals surface area contributed by atoms with Crippen LogP contribution in [-0.4, -0.2) is 60.4 Å². The van der Waals surface area contributed by atoms with Gasteiger partial charge in [0.15, 0.2) is 0 Å². The second kappa shape index (κ2) is 8.52. The Morgan fingerprint density at radius 1 is 1.09 bits per heavy atom. The molecule has 168 valence electrons. The Kier molecular flexibility index (Phi) is 5.57. The molecule has 2 aromatic carbocycles.